The van der Waals surface area contributed by atoms with Gasteiger partial charge in [-0.15, -0.1) is 9.24 Å². The standard InChI is InChI=1S/C9H20NO2P/c1-8(2)9(11)10-4-6-12-5-3-7-13/h8H,3-7,13H2,1-2H3,(H,10,11). The third kappa shape index (κ3) is 8.20. The normalized spacial score (nSPS) is 10.5. The second-order valence-electron chi connectivity index (χ2n) is 3.20. The SMILES string of the molecule is CC(C)C(=O)NCCOCCCP. The van der Waals surface area contributed by atoms with Crippen LogP contribution in [-0.2, 0) is 9.53 Å². The lowest BCUT2D eigenvalue weighted by Crippen LogP contribution is -2.30. The molecule has 1 amide bonds. The van der Waals surface area contributed by atoms with Gasteiger partial charge in [0.1, 0.15) is 0 Å². The minimum Gasteiger partial charge on any atom is -0.380 e. The topological polar surface area (TPSA) is 38.3 Å². The number of rotatable bonds is 7. The Morgan fingerprint density at radius 1 is 1.46 bits per heavy atom. The van der Waals surface area contributed by atoms with Crippen LogP contribution in [0.2, 0.25) is 0 Å². The van der Waals surface area contributed by atoms with Crippen LogP contribution in [-0.4, -0.2) is 31.8 Å². The molecule has 0 aromatic carbocycles. The average molecular weight is 205 g/mol. The van der Waals surface area contributed by atoms with E-state index in [-0.39, 0.29) is 11.8 Å². The molecule has 0 spiro atoms. The van der Waals surface area contributed by atoms with Crippen LogP contribution in [0, 0.1) is 5.92 Å². The van der Waals surface area contributed by atoms with Crippen molar-refractivity contribution >= 4 is 15.1 Å². The lowest BCUT2D eigenvalue weighted by Gasteiger charge is -2.07. The Labute approximate surface area is 82.8 Å². The molecule has 0 bridgehead atoms. The largest absolute Gasteiger partial charge is 0.380 e. The summed E-state index contributed by atoms with van der Waals surface area (Å²) < 4.78 is 5.28. The molecule has 78 valence electrons. The second kappa shape index (κ2) is 8.46. The molecule has 0 saturated heterocycles. The van der Waals surface area contributed by atoms with E-state index in [0.29, 0.717) is 13.2 Å². The first-order valence-electron chi connectivity index (χ1n) is 4.74. The molecule has 0 heterocycles. The number of carbonyl (C=O) groups is 1. The van der Waals surface area contributed by atoms with E-state index in [9.17, 15) is 4.79 Å². The van der Waals surface area contributed by atoms with Crippen molar-refractivity contribution in [3.8, 4) is 0 Å². The molecule has 0 radical (unpaired) electrons. The highest BCUT2D eigenvalue weighted by Crippen LogP contribution is 1.90. The molecule has 13 heavy (non-hydrogen) atoms. The zero-order chi connectivity index (χ0) is 10.1. The van der Waals surface area contributed by atoms with Gasteiger partial charge in [0.2, 0.25) is 5.91 Å². The maximum atomic E-state index is 11.1. The number of carbonyl (C=O) groups excluding carboxylic acids is 1. The summed E-state index contributed by atoms with van der Waals surface area (Å²) in [5.74, 6) is 0.154. The Bertz CT molecular complexity index is 140. The lowest BCUT2D eigenvalue weighted by molar-refractivity contribution is -0.124. The van der Waals surface area contributed by atoms with Crippen molar-refractivity contribution in [1.29, 1.82) is 0 Å². The van der Waals surface area contributed by atoms with Gasteiger partial charge in [-0.3, -0.25) is 4.79 Å². The van der Waals surface area contributed by atoms with Crippen LogP contribution in [0.4, 0.5) is 0 Å². The molecule has 1 N–H and O–H groups in total. The molecule has 0 aliphatic carbocycles. The zero-order valence-corrected chi connectivity index (χ0v) is 9.66. The second-order valence-corrected chi connectivity index (χ2v) is 3.78. The van der Waals surface area contributed by atoms with Gasteiger partial charge < -0.3 is 10.1 Å². The molecule has 4 heteroatoms. The summed E-state index contributed by atoms with van der Waals surface area (Å²) in [7, 11) is 2.65. The molecule has 0 saturated carbocycles. The summed E-state index contributed by atoms with van der Waals surface area (Å²) >= 11 is 0. The highest BCUT2D eigenvalue weighted by atomic mass is 31.0. The van der Waals surface area contributed by atoms with Crippen LogP contribution in [0.15, 0.2) is 0 Å². The summed E-state index contributed by atoms with van der Waals surface area (Å²) in [6, 6.07) is 0. The minimum absolute atomic E-state index is 0.0621. The minimum atomic E-state index is 0.0621. The van der Waals surface area contributed by atoms with Gasteiger partial charge in [-0.1, -0.05) is 13.8 Å². The molecular weight excluding hydrogens is 185 g/mol. The van der Waals surface area contributed by atoms with Crippen molar-refractivity contribution in [1.82, 2.24) is 5.32 Å². The smallest absolute Gasteiger partial charge is 0.222 e. The van der Waals surface area contributed by atoms with Crippen LogP contribution in [0.1, 0.15) is 20.3 Å². The Morgan fingerprint density at radius 2 is 2.15 bits per heavy atom. The summed E-state index contributed by atoms with van der Waals surface area (Å²) in [5.41, 5.74) is 0. The van der Waals surface area contributed by atoms with Gasteiger partial charge in [0.25, 0.3) is 0 Å². The van der Waals surface area contributed by atoms with E-state index in [1.807, 2.05) is 13.8 Å². The van der Waals surface area contributed by atoms with Gasteiger partial charge in [0.15, 0.2) is 0 Å². The maximum Gasteiger partial charge on any atom is 0.222 e. The predicted octanol–water partition coefficient (Wildman–Crippen LogP) is 1.04. The molecular formula is C9H20NO2P. The quantitative estimate of drug-likeness (QED) is 0.498. The van der Waals surface area contributed by atoms with Crippen molar-refractivity contribution in [3.63, 3.8) is 0 Å². The van der Waals surface area contributed by atoms with E-state index in [1.165, 1.54) is 0 Å². The molecule has 0 aliphatic rings. The van der Waals surface area contributed by atoms with Crippen molar-refractivity contribution in [3.05, 3.63) is 0 Å². The number of hydrogen-bond acceptors (Lipinski definition) is 2. The number of nitrogens with one attached hydrogen (secondary N) is 1. The zero-order valence-electron chi connectivity index (χ0n) is 8.51. The highest BCUT2D eigenvalue weighted by Gasteiger charge is 2.04. The van der Waals surface area contributed by atoms with Crippen LogP contribution in [0.5, 0.6) is 0 Å². The molecule has 0 fully saturated rings. The van der Waals surface area contributed by atoms with Crippen molar-refractivity contribution in [2.45, 2.75) is 20.3 Å². The Balaban J connectivity index is 3.12. The van der Waals surface area contributed by atoms with Crippen LogP contribution in [0.3, 0.4) is 0 Å². The van der Waals surface area contributed by atoms with Crippen LogP contribution < -0.4 is 5.32 Å². The highest BCUT2D eigenvalue weighted by molar-refractivity contribution is 7.16. The third-order valence-corrected chi connectivity index (χ3v) is 1.97. The fraction of sp³-hybridized carbons (Fsp3) is 0.889. The Kier molecular flexibility index (Phi) is 8.37. The molecule has 0 aliphatic heterocycles. The Morgan fingerprint density at radius 3 is 2.69 bits per heavy atom. The lowest BCUT2D eigenvalue weighted by atomic mass is 10.2. The number of ether oxygens (including phenoxy) is 1. The number of amides is 1. The van der Waals surface area contributed by atoms with E-state index in [4.69, 9.17) is 4.74 Å². The monoisotopic (exact) mass is 205 g/mol. The first-order chi connectivity index (χ1) is 6.18. The van der Waals surface area contributed by atoms with Gasteiger partial charge in [0.05, 0.1) is 6.61 Å². The summed E-state index contributed by atoms with van der Waals surface area (Å²) in [5, 5.41) is 2.79. The van der Waals surface area contributed by atoms with Gasteiger partial charge in [-0.05, 0) is 12.6 Å². The van der Waals surface area contributed by atoms with E-state index in [1.54, 1.807) is 0 Å². The first-order valence-corrected chi connectivity index (χ1v) is 5.55. The molecule has 1 atom stereocenters. The molecule has 3 nitrogen and oxygen atoms in total. The first kappa shape index (κ1) is 12.9. The van der Waals surface area contributed by atoms with Gasteiger partial charge in [0, 0.05) is 19.1 Å². The van der Waals surface area contributed by atoms with E-state index in [0.717, 1.165) is 19.2 Å². The van der Waals surface area contributed by atoms with E-state index in [2.05, 4.69) is 14.6 Å². The van der Waals surface area contributed by atoms with E-state index < -0.39 is 0 Å². The third-order valence-electron chi connectivity index (χ3n) is 1.56. The molecule has 0 rings (SSSR count). The molecule has 0 aromatic rings. The fourth-order valence-electron chi connectivity index (χ4n) is 0.738. The molecule has 1 unspecified atom stereocenters. The van der Waals surface area contributed by atoms with E-state index >= 15 is 0 Å². The fourth-order valence-corrected chi connectivity index (χ4v) is 0.905. The molecule has 0 aromatic heterocycles. The maximum absolute atomic E-state index is 11.1. The summed E-state index contributed by atoms with van der Waals surface area (Å²) in [6.45, 7) is 5.77. The summed E-state index contributed by atoms with van der Waals surface area (Å²) in [4.78, 5) is 11.1. The average Bonchev–Trinajstić information content (AvgIpc) is 2.10. The van der Waals surface area contributed by atoms with Gasteiger partial charge in [-0.2, -0.15) is 0 Å². The number of hydrogen-bond donors (Lipinski definition) is 1. The predicted molar refractivity (Wildman–Crippen MR) is 57.9 cm³/mol. The van der Waals surface area contributed by atoms with Gasteiger partial charge >= 0.3 is 0 Å². The Hall–Kier alpha value is -0.140. The summed E-state index contributed by atoms with van der Waals surface area (Å²) in [6.07, 6.45) is 2.13. The van der Waals surface area contributed by atoms with Crippen molar-refractivity contribution in [2.24, 2.45) is 5.92 Å². The van der Waals surface area contributed by atoms with Crippen molar-refractivity contribution in [2.75, 3.05) is 25.9 Å². The van der Waals surface area contributed by atoms with Crippen molar-refractivity contribution < 1.29 is 9.53 Å². The van der Waals surface area contributed by atoms with Gasteiger partial charge in [-0.25, -0.2) is 0 Å². The van der Waals surface area contributed by atoms with Crippen LogP contribution in [0.25, 0.3) is 0 Å². The van der Waals surface area contributed by atoms with Crippen LogP contribution >= 0.6 is 9.24 Å².